The van der Waals surface area contributed by atoms with Gasteiger partial charge >= 0.3 is 0 Å². The Hall–Kier alpha value is -4.33. The van der Waals surface area contributed by atoms with E-state index in [0.717, 1.165) is 0 Å². The van der Waals surface area contributed by atoms with Crippen LogP contribution in [0.15, 0.2) is 70.6 Å². The van der Waals surface area contributed by atoms with Crippen LogP contribution in [0.5, 0.6) is 23.0 Å². The highest BCUT2D eigenvalue weighted by Crippen LogP contribution is 2.30. The highest BCUT2D eigenvalue weighted by atomic mass is 16.5. The standard InChI is InChI=1S/C26H27N3O5/c1-3-33-22-13-7-9-18(25(22)31)15-27-17-24(30)29-21-12-6-5-11-20(21)28-16-19-10-8-14-23(26(19)32)34-4-2/h5-16,31-32H,3-4,17H2,1-2H3,(H,29,30). The van der Waals surface area contributed by atoms with Crippen molar-refractivity contribution in [2.45, 2.75) is 13.8 Å². The monoisotopic (exact) mass is 461 g/mol. The van der Waals surface area contributed by atoms with Gasteiger partial charge in [-0.25, -0.2) is 0 Å². The van der Waals surface area contributed by atoms with Crippen LogP contribution in [0.4, 0.5) is 11.4 Å². The third-order valence-corrected chi connectivity index (χ3v) is 4.65. The van der Waals surface area contributed by atoms with E-state index < -0.39 is 0 Å². The molecule has 0 atom stereocenters. The number of carbonyl (C=O) groups excluding carboxylic acids is 1. The van der Waals surface area contributed by atoms with Gasteiger partial charge in [-0.15, -0.1) is 0 Å². The second-order valence-corrected chi connectivity index (χ2v) is 7.05. The average Bonchev–Trinajstić information content (AvgIpc) is 2.83. The van der Waals surface area contributed by atoms with Gasteiger partial charge in [0, 0.05) is 23.6 Å². The van der Waals surface area contributed by atoms with Crippen LogP contribution in [-0.2, 0) is 4.79 Å². The van der Waals surface area contributed by atoms with Crippen molar-refractivity contribution in [3.05, 3.63) is 71.8 Å². The van der Waals surface area contributed by atoms with Crippen molar-refractivity contribution in [3.63, 3.8) is 0 Å². The lowest BCUT2D eigenvalue weighted by Crippen LogP contribution is -2.15. The molecule has 0 fully saturated rings. The lowest BCUT2D eigenvalue weighted by molar-refractivity contribution is -0.114. The molecule has 0 bridgehead atoms. The lowest BCUT2D eigenvalue weighted by Gasteiger charge is -2.09. The number of nitrogens with one attached hydrogen (secondary N) is 1. The summed E-state index contributed by atoms with van der Waals surface area (Å²) in [5, 5.41) is 23.3. The number of aliphatic imine (C=N–C) groups is 2. The fourth-order valence-corrected chi connectivity index (χ4v) is 3.08. The van der Waals surface area contributed by atoms with Crippen LogP contribution in [0.25, 0.3) is 0 Å². The molecule has 0 aliphatic heterocycles. The number of benzene rings is 3. The van der Waals surface area contributed by atoms with E-state index in [1.165, 1.54) is 12.4 Å². The number of ether oxygens (including phenoxy) is 2. The largest absolute Gasteiger partial charge is 0.504 e. The molecule has 0 unspecified atom stereocenters. The van der Waals surface area contributed by atoms with E-state index in [1.807, 2.05) is 13.8 Å². The Labute approximate surface area is 198 Å². The maximum Gasteiger partial charge on any atom is 0.246 e. The molecule has 0 saturated carbocycles. The zero-order valence-corrected chi connectivity index (χ0v) is 19.1. The summed E-state index contributed by atoms with van der Waals surface area (Å²) in [4.78, 5) is 21.0. The van der Waals surface area contributed by atoms with Crippen molar-refractivity contribution in [1.82, 2.24) is 0 Å². The van der Waals surface area contributed by atoms with Gasteiger partial charge < -0.3 is 25.0 Å². The molecule has 176 valence electrons. The van der Waals surface area contributed by atoms with E-state index in [-0.39, 0.29) is 24.0 Å². The molecule has 0 saturated heterocycles. The Balaban J connectivity index is 1.68. The molecule has 0 aromatic heterocycles. The van der Waals surface area contributed by atoms with Crippen LogP contribution in [-0.4, -0.2) is 48.3 Å². The Morgan fingerprint density at radius 2 is 1.44 bits per heavy atom. The molecule has 3 N–H and O–H groups in total. The van der Waals surface area contributed by atoms with Gasteiger partial charge in [0.25, 0.3) is 0 Å². The first-order valence-corrected chi connectivity index (χ1v) is 10.9. The average molecular weight is 462 g/mol. The first-order chi connectivity index (χ1) is 16.5. The predicted molar refractivity (Wildman–Crippen MR) is 133 cm³/mol. The molecule has 0 radical (unpaired) electrons. The summed E-state index contributed by atoms with van der Waals surface area (Å²) in [6.07, 6.45) is 2.94. The number of carbonyl (C=O) groups is 1. The number of amides is 1. The maximum atomic E-state index is 12.4. The third kappa shape index (κ3) is 6.35. The summed E-state index contributed by atoms with van der Waals surface area (Å²) in [5.41, 5.74) is 1.97. The summed E-state index contributed by atoms with van der Waals surface area (Å²) in [6, 6.07) is 17.3. The number of phenols is 2. The molecular formula is C26H27N3O5. The van der Waals surface area contributed by atoms with Gasteiger partial charge in [-0.3, -0.25) is 14.8 Å². The van der Waals surface area contributed by atoms with Gasteiger partial charge in [0.2, 0.25) is 5.91 Å². The first-order valence-electron chi connectivity index (χ1n) is 10.9. The fourth-order valence-electron chi connectivity index (χ4n) is 3.08. The molecule has 3 aromatic rings. The second-order valence-electron chi connectivity index (χ2n) is 7.05. The first kappa shape index (κ1) is 24.3. The van der Waals surface area contributed by atoms with Crippen LogP contribution >= 0.6 is 0 Å². The molecular weight excluding hydrogens is 434 g/mol. The molecule has 0 aliphatic carbocycles. The molecule has 0 spiro atoms. The minimum absolute atomic E-state index is 0.000567. The van der Waals surface area contributed by atoms with Gasteiger partial charge in [0.1, 0.15) is 6.54 Å². The maximum absolute atomic E-state index is 12.4. The molecule has 8 heteroatoms. The van der Waals surface area contributed by atoms with Gasteiger partial charge in [0.05, 0.1) is 24.6 Å². The Morgan fingerprint density at radius 1 is 0.853 bits per heavy atom. The number of aromatic hydroxyl groups is 2. The Kier molecular flexibility index (Phi) is 8.62. The summed E-state index contributed by atoms with van der Waals surface area (Å²) >= 11 is 0. The Bertz CT molecular complexity index is 1190. The highest BCUT2D eigenvalue weighted by Gasteiger charge is 2.09. The van der Waals surface area contributed by atoms with Crippen molar-refractivity contribution in [2.75, 3.05) is 25.1 Å². The molecule has 3 rings (SSSR count). The highest BCUT2D eigenvalue weighted by molar-refractivity contribution is 5.97. The molecule has 3 aromatic carbocycles. The van der Waals surface area contributed by atoms with E-state index in [1.54, 1.807) is 60.7 Å². The minimum Gasteiger partial charge on any atom is -0.504 e. The smallest absolute Gasteiger partial charge is 0.246 e. The van der Waals surface area contributed by atoms with Crippen molar-refractivity contribution in [3.8, 4) is 23.0 Å². The van der Waals surface area contributed by atoms with Gasteiger partial charge in [-0.05, 0) is 50.2 Å². The van der Waals surface area contributed by atoms with Crippen LogP contribution in [0.1, 0.15) is 25.0 Å². The molecule has 0 aliphatic rings. The summed E-state index contributed by atoms with van der Waals surface area (Å²) < 4.78 is 10.7. The van der Waals surface area contributed by atoms with Crippen LogP contribution in [0, 0.1) is 0 Å². The van der Waals surface area contributed by atoms with Crippen molar-refractivity contribution in [2.24, 2.45) is 9.98 Å². The van der Waals surface area contributed by atoms with Gasteiger partial charge in [-0.2, -0.15) is 0 Å². The third-order valence-electron chi connectivity index (χ3n) is 4.65. The normalized spacial score (nSPS) is 11.1. The summed E-state index contributed by atoms with van der Waals surface area (Å²) in [5.74, 6) is 0.371. The lowest BCUT2D eigenvalue weighted by atomic mass is 10.2. The predicted octanol–water partition coefficient (Wildman–Crippen LogP) is 4.70. The molecule has 0 heterocycles. The summed E-state index contributed by atoms with van der Waals surface area (Å²) in [6.45, 7) is 4.38. The number of nitrogens with zero attached hydrogens (tertiary/aromatic N) is 2. The fraction of sp³-hybridized carbons (Fsp3) is 0.192. The quantitative estimate of drug-likeness (QED) is 0.379. The number of anilines is 1. The zero-order chi connectivity index (χ0) is 24.3. The molecule has 1 amide bonds. The van der Waals surface area contributed by atoms with Gasteiger partial charge in [0.15, 0.2) is 23.0 Å². The molecule has 34 heavy (non-hydrogen) atoms. The zero-order valence-electron chi connectivity index (χ0n) is 19.1. The second kappa shape index (κ2) is 12.1. The van der Waals surface area contributed by atoms with Crippen LogP contribution < -0.4 is 14.8 Å². The van der Waals surface area contributed by atoms with E-state index in [4.69, 9.17) is 9.47 Å². The van der Waals surface area contributed by atoms with E-state index in [9.17, 15) is 15.0 Å². The number of rotatable bonds is 10. The minimum atomic E-state index is -0.347. The topological polar surface area (TPSA) is 113 Å². The van der Waals surface area contributed by atoms with E-state index in [0.29, 0.717) is 47.2 Å². The van der Waals surface area contributed by atoms with E-state index in [2.05, 4.69) is 15.3 Å². The number of para-hydroxylation sites is 4. The number of hydrogen-bond donors (Lipinski definition) is 3. The van der Waals surface area contributed by atoms with Crippen molar-refractivity contribution in [1.29, 1.82) is 0 Å². The SMILES string of the molecule is CCOc1cccc(C=NCC(=O)Nc2ccccc2N=Cc2cccc(OCC)c2O)c1O. The van der Waals surface area contributed by atoms with Crippen molar-refractivity contribution < 1.29 is 24.5 Å². The van der Waals surface area contributed by atoms with E-state index >= 15 is 0 Å². The molecule has 8 nitrogen and oxygen atoms in total. The van der Waals surface area contributed by atoms with Crippen LogP contribution in [0.2, 0.25) is 0 Å². The number of hydrogen-bond acceptors (Lipinski definition) is 7. The van der Waals surface area contributed by atoms with Gasteiger partial charge in [-0.1, -0.05) is 24.3 Å². The number of phenolic OH excluding ortho intramolecular Hbond substituents is 2. The Morgan fingerprint density at radius 3 is 2.06 bits per heavy atom. The summed E-state index contributed by atoms with van der Waals surface area (Å²) in [7, 11) is 0. The van der Waals surface area contributed by atoms with Crippen LogP contribution in [0.3, 0.4) is 0 Å². The van der Waals surface area contributed by atoms with Crippen molar-refractivity contribution >= 4 is 29.7 Å².